The van der Waals surface area contributed by atoms with Crippen molar-refractivity contribution in [1.29, 1.82) is 0 Å². The summed E-state index contributed by atoms with van der Waals surface area (Å²) in [6, 6.07) is 6.73. The number of piperazine rings is 1. The van der Waals surface area contributed by atoms with Crippen molar-refractivity contribution in [2.75, 3.05) is 44.2 Å². The zero-order chi connectivity index (χ0) is 17.9. The summed E-state index contributed by atoms with van der Waals surface area (Å²) in [6.45, 7) is 7.33. The molecule has 0 bridgehead atoms. The van der Waals surface area contributed by atoms with Crippen LogP contribution in [-0.2, 0) is 4.79 Å². The monoisotopic (exact) mass is 356 g/mol. The van der Waals surface area contributed by atoms with Crippen LogP contribution in [0.15, 0.2) is 22.6 Å². The standard InChI is InChI=1S/C20H28N4O2/c1-15-2-4-18-17(14-15)22-20(26-18)24-12-10-23(11-13-24)19(25)5-3-16-6-8-21-9-7-16/h2,4,14,16,21H,3,5-13H2,1H3. The maximum atomic E-state index is 12.5. The Kier molecular flexibility index (Phi) is 5.11. The molecule has 0 radical (unpaired) electrons. The second-order valence-electron chi connectivity index (χ2n) is 7.57. The molecule has 2 aliphatic rings. The number of hydrogen-bond acceptors (Lipinski definition) is 5. The number of aromatic nitrogens is 1. The summed E-state index contributed by atoms with van der Waals surface area (Å²) in [6.07, 6.45) is 4.13. The molecule has 1 N–H and O–H groups in total. The first kappa shape index (κ1) is 17.3. The van der Waals surface area contributed by atoms with Crippen LogP contribution in [0.4, 0.5) is 6.01 Å². The molecule has 0 unspecified atom stereocenters. The highest BCUT2D eigenvalue weighted by Gasteiger charge is 2.24. The van der Waals surface area contributed by atoms with Crippen molar-refractivity contribution in [2.24, 2.45) is 5.92 Å². The number of amides is 1. The molecule has 0 saturated carbocycles. The summed E-state index contributed by atoms with van der Waals surface area (Å²) >= 11 is 0. The number of piperidine rings is 1. The molecule has 2 aliphatic heterocycles. The number of anilines is 1. The summed E-state index contributed by atoms with van der Waals surface area (Å²) in [7, 11) is 0. The summed E-state index contributed by atoms with van der Waals surface area (Å²) in [5.74, 6) is 1.01. The summed E-state index contributed by atoms with van der Waals surface area (Å²) < 4.78 is 5.89. The summed E-state index contributed by atoms with van der Waals surface area (Å²) in [4.78, 5) is 21.3. The van der Waals surface area contributed by atoms with E-state index in [4.69, 9.17) is 4.42 Å². The third kappa shape index (κ3) is 3.85. The molecule has 6 heteroatoms. The highest BCUT2D eigenvalue weighted by atomic mass is 16.4. The smallest absolute Gasteiger partial charge is 0.298 e. The van der Waals surface area contributed by atoms with Gasteiger partial charge in [0.15, 0.2) is 5.58 Å². The first-order chi connectivity index (χ1) is 12.7. The van der Waals surface area contributed by atoms with Crippen LogP contribution in [0.2, 0.25) is 0 Å². The van der Waals surface area contributed by atoms with Crippen LogP contribution < -0.4 is 10.2 Å². The van der Waals surface area contributed by atoms with Crippen LogP contribution in [0.25, 0.3) is 11.1 Å². The maximum absolute atomic E-state index is 12.5. The number of nitrogens with one attached hydrogen (secondary N) is 1. The van der Waals surface area contributed by atoms with Gasteiger partial charge < -0.3 is 19.5 Å². The largest absolute Gasteiger partial charge is 0.423 e. The highest BCUT2D eigenvalue weighted by molar-refractivity contribution is 5.77. The fraction of sp³-hybridized carbons (Fsp3) is 0.600. The van der Waals surface area contributed by atoms with Gasteiger partial charge in [0.2, 0.25) is 5.91 Å². The van der Waals surface area contributed by atoms with Crippen molar-refractivity contribution in [3.63, 3.8) is 0 Å². The Labute approximate surface area is 154 Å². The highest BCUT2D eigenvalue weighted by Crippen LogP contribution is 2.24. The molecular weight excluding hydrogens is 328 g/mol. The first-order valence-electron chi connectivity index (χ1n) is 9.80. The van der Waals surface area contributed by atoms with E-state index in [1.165, 1.54) is 18.4 Å². The number of oxazole rings is 1. The van der Waals surface area contributed by atoms with Gasteiger partial charge in [0.05, 0.1) is 0 Å². The number of carbonyl (C=O) groups excluding carboxylic acids is 1. The second kappa shape index (κ2) is 7.66. The van der Waals surface area contributed by atoms with Crippen LogP contribution in [0.1, 0.15) is 31.2 Å². The lowest BCUT2D eigenvalue weighted by Gasteiger charge is -2.34. The van der Waals surface area contributed by atoms with Crippen LogP contribution in [0.5, 0.6) is 0 Å². The number of benzene rings is 1. The zero-order valence-corrected chi connectivity index (χ0v) is 15.5. The summed E-state index contributed by atoms with van der Waals surface area (Å²) in [5, 5.41) is 3.38. The van der Waals surface area contributed by atoms with Gasteiger partial charge in [-0.05, 0) is 62.9 Å². The quantitative estimate of drug-likeness (QED) is 0.912. The van der Waals surface area contributed by atoms with Gasteiger partial charge in [-0.15, -0.1) is 0 Å². The van der Waals surface area contributed by atoms with Gasteiger partial charge in [0, 0.05) is 32.6 Å². The van der Waals surface area contributed by atoms with E-state index in [-0.39, 0.29) is 0 Å². The zero-order valence-electron chi connectivity index (χ0n) is 15.5. The van der Waals surface area contributed by atoms with Gasteiger partial charge in [-0.3, -0.25) is 4.79 Å². The van der Waals surface area contributed by atoms with Gasteiger partial charge in [-0.1, -0.05) is 6.07 Å². The van der Waals surface area contributed by atoms with Gasteiger partial charge in [-0.25, -0.2) is 0 Å². The average Bonchev–Trinajstić information content (AvgIpc) is 3.10. The van der Waals surface area contributed by atoms with E-state index in [1.54, 1.807) is 0 Å². The minimum atomic E-state index is 0.302. The Morgan fingerprint density at radius 3 is 2.77 bits per heavy atom. The molecule has 2 aromatic rings. The van der Waals surface area contributed by atoms with Crippen LogP contribution in [0.3, 0.4) is 0 Å². The molecule has 6 nitrogen and oxygen atoms in total. The minimum absolute atomic E-state index is 0.302. The number of rotatable bonds is 4. The lowest BCUT2D eigenvalue weighted by atomic mass is 9.93. The fourth-order valence-electron chi connectivity index (χ4n) is 3.96. The van der Waals surface area contributed by atoms with Gasteiger partial charge >= 0.3 is 0 Å². The SMILES string of the molecule is Cc1ccc2oc(N3CCN(C(=O)CCC4CCNCC4)CC3)nc2c1. The number of nitrogens with zero attached hydrogens (tertiary/aromatic N) is 3. The maximum Gasteiger partial charge on any atom is 0.298 e. The van der Waals surface area contributed by atoms with Crippen molar-refractivity contribution in [1.82, 2.24) is 15.2 Å². The van der Waals surface area contributed by atoms with Gasteiger partial charge in [0.25, 0.3) is 6.01 Å². The first-order valence-corrected chi connectivity index (χ1v) is 9.80. The molecule has 140 valence electrons. The Balaban J connectivity index is 1.29. The number of hydrogen-bond donors (Lipinski definition) is 1. The second-order valence-corrected chi connectivity index (χ2v) is 7.57. The molecule has 3 heterocycles. The predicted octanol–water partition coefficient (Wildman–Crippen LogP) is 2.56. The summed E-state index contributed by atoms with van der Waals surface area (Å²) in [5.41, 5.74) is 2.91. The number of carbonyl (C=O) groups is 1. The van der Waals surface area contributed by atoms with Crippen LogP contribution in [0, 0.1) is 12.8 Å². The molecule has 0 atom stereocenters. The average molecular weight is 356 g/mol. The van der Waals surface area contributed by atoms with Crippen LogP contribution >= 0.6 is 0 Å². The van der Waals surface area contributed by atoms with E-state index in [2.05, 4.69) is 22.1 Å². The van der Waals surface area contributed by atoms with E-state index in [9.17, 15) is 4.79 Å². The number of aryl methyl sites for hydroxylation is 1. The van der Waals surface area contributed by atoms with Crippen molar-refractivity contribution < 1.29 is 9.21 Å². The molecule has 2 saturated heterocycles. The molecule has 0 spiro atoms. The molecule has 0 aliphatic carbocycles. The molecule has 2 fully saturated rings. The van der Waals surface area contributed by atoms with Crippen molar-refractivity contribution >= 4 is 23.0 Å². The molecular formula is C20H28N4O2. The lowest BCUT2D eigenvalue weighted by molar-refractivity contribution is -0.131. The normalized spacial score (nSPS) is 19.3. The molecule has 26 heavy (non-hydrogen) atoms. The molecule has 1 amide bonds. The van der Waals surface area contributed by atoms with Gasteiger partial charge in [0.1, 0.15) is 5.52 Å². The Morgan fingerprint density at radius 2 is 2.00 bits per heavy atom. The lowest BCUT2D eigenvalue weighted by Crippen LogP contribution is -2.49. The van der Waals surface area contributed by atoms with E-state index in [1.807, 2.05) is 23.1 Å². The van der Waals surface area contributed by atoms with E-state index < -0.39 is 0 Å². The van der Waals surface area contributed by atoms with Crippen molar-refractivity contribution in [3.05, 3.63) is 23.8 Å². The van der Waals surface area contributed by atoms with Crippen molar-refractivity contribution in [3.8, 4) is 0 Å². The van der Waals surface area contributed by atoms with Crippen LogP contribution in [-0.4, -0.2) is 55.1 Å². The Bertz CT molecular complexity index is 758. The Morgan fingerprint density at radius 1 is 1.23 bits per heavy atom. The van der Waals surface area contributed by atoms with Gasteiger partial charge in [-0.2, -0.15) is 4.98 Å². The fourth-order valence-corrected chi connectivity index (χ4v) is 3.96. The van der Waals surface area contributed by atoms with Crippen molar-refractivity contribution in [2.45, 2.75) is 32.6 Å². The Hall–Kier alpha value is -2.08. The third-order valence-corrected chi connectivity index (χ3v) is 5.66. The molecule has 1 aromatic carbocycles. The topological polar surface area (TPSA) is 61.6 Å². The molecule has 1 aromatic heterocycles. The third-order valence-electron chi connectivity index (χ3n) is 5.66. The van der Waals surface area contributed by atoms with E-state index >= 15 is 0 Å². The predicted molar refractivity (Wildman–Crippen MR) is 102 cm³/mol. The molecule has 4 rings (SSSR count). The number of fused-ring (bicyclic) bond motifs is 1. The minimum Gasteiger partial charge on any atom is -0.423 e. The van der Waals surface area contributed by atoms with E-state index in [0.717, 1.165) is 56.8 Å². The van der Waals surface area contributed by atoms with E-state index in [0.29, 0.717) is 24.3 Å².